The molecule has 3 aromatic rings. The number of aromatic nitrogens is 2. The Morgan fingerprint density at radius 3 is 2.62 bits per heavy atom. The summed E-state index contributed by atoms with van der Waals surface area (Å²) in [6, 6.07) is 12.8. The molecule has 0 spiro atoms. The topological polar surface area (TPSA) is 61.1 Å². The molecule has 26 heavy (non-hydrogen) atoms. The zero-order chi connectivity index (χ0) is 18.1. The first-order valence-electron chi connectivity index (χ1n) is 8.53. The van der Waals surface area contributed by atoms with Crippen molar-refractivity contribution >= 4 is 27.3 Å². The van der Waals surface area contributed by atoms with Crippen LogP contribution in [0.15, 0.2) is 57.9 Å². The lowest BCUT2D eigenvalue weighted by Gasteiger charge is -2.36. The number of piperazine rings is 1. The molecule has 0 amide bonds. The van der Waals surface area contributed by atoms with Gasteiger partial charge in [-0.2, -0.15) is 0 Å². The normalized spacial score (nSPS) is 15.5. The second-order valence-electron chi connectivity index (χ2n) is 6.41. The van der Waals surface area contributed by atoms with Crippen LogP contribution in [0, 0.1) is 0 Å². The van der Waals surface area contributed by atoms with Crippen LogP contribution in [-0.2, 0) is 6.54 Å². The molecule has 2 aromatic heterocycles. The average Bonchev–Trinajstić information content (AvgIpc) is 2.64. The second-order valence-corrected chi connectivity index (χ2v) is 7.33. The largest absolute Gasteiger partial charge is 0.506 e. The Kier molecular flexibility index (Phi) is 4.65. The fourth-order valence-corrected chi connectivity index (χ4v) is 3.65. The minimum Gasteiger partial charge on any atom is -0.506 e. The van der Waals surface area contributed by atoms with E-state index in [1.54, 1.807) is 22.7 Å². The quantitative estimate of drug-likeness (QED) is 0.713. The summed E-state index contributed by atoms with van der Waals surface area (Å²) in [6.45, 7) is 4.02. The van der Waals surface area contributed by atoms with Gasteiger partial charge in [-0.25, -0.2) is 4.98 Å². The maximum Gasteiger partial charge on any atom is 0.258 e. The summed E-state index contributed by atoms with van der Waals surface area (Å²) < 4.78 is 2.39. The maximum atomic E-state index is 12.3. The molecule has 0 saturated carbocycles. The molecule has 4 rings (SSSR count). The van der Waals surface area contributed by atoms with E-state index in [1.807, 2.05) is 30.3 Å². The summed E-state index contributed by atoms with van der Waals surface area (Å²) in [5.41, 5.74) is 2.25. The summed E-state index contributed by atoms with van der Waals surface area (Å²) in [4.78, 5) is 21.4. The van der Waals surface area contributed by atoms with Crippen molar-refractivity contribution in [2.75, 3.05) is 31.1 Å². The number of nitrogens with zero attached hydrogens (tertiary/aromatic N) is 4. The smallest absolute Gasteiger partial charge is 0.258 e. The molecule has 0 aliphatic carbocycles. The molecule has 3 heterocycles. The Bertz CT molecular complexity index is 996. The lowest BCUT2D eigenvalue weighted by atomic mass is 10.2. The molecule has 1 N–H and O–H groups in total. The van der Waals surface area contributed by atoms with Crippen molar-refractivity contribution in [1.82, 2.24) is 14.3 Å². The van der Waals surface area contributed by atoms with Gasteiger partial charge in [-0.3, -0.25) is 14.1 Å². The number of halogens is 1. The summed E-state index contributed by atoms with van der Waals surface area (Å²) in [5.74, 6) is 0.316. The summed E-state index contributed by atoms with van der Waals surface area (Å²) in [6.07, 6.45) is 1.74. The number of rotatable bonds is 3. The zero-order valence-corrected chi connectivity index (χ0v) is 15.8. The molecular formula is C19H19BrN4O2. The number of phenolic OH excluding ortho intramolecular Hbond substituents is 1. The predicted molar refractivity (Wildman–Crippen MR) is 105 cm³/mol. The number of phenols is 1. The zero-order valence-electron chi connectivity index (χ0n) is 14.2. The Hall–Kier alpha value is -2.38. The number of hydrogen-bond donors (Lipinski definition) is 1. The number of hydrogen-bond acceptors (Lipinski definition) is 5. The first kappa shape index (κ1) is 17.1. The van der Waals surface area contributed by atoms with E-state index < -0.39 is 0 Å². The van der Waals surface area contributed by atoms with E-state index >= 15 is 0 Å². The third-order valence-corrected chi connectivity index (χ3v) is 5.13. The molecule has 0 bridgehead atoms. The summed E-state index contributed by atoms with van der Waals surface area (Å²) >= 11 is 3.38. The van der Waals surface area contributed by atoms with Crippen molar-refractivity contribution in [3.63, 3.8) is 0 Å². The van der Waals surface area contributed by atoms with Crippen molar-refractivity contribution in [3.8, 4) is 5.75 Å². The van der Waals surface area contributed by atoms with Crippen LogP contribution in [0.5, 0.6) is 5.75 Å². The van der Waals surface area contributed by atoms with Crippen LogP contribution in [0.2, 0.25) is 0 Å². The van der Waals surface area contributed by atoms with E-state index in [0.29, 0.717) is 17.9 Å². The van der Waals surface area contributed by atoms with Crippen molar-refractivity contribution in [2.24, 2.45) is 0 Å². The van der Waals surface area contributed by atoms with Gasteiger partial charge < -0.3 is 10.0 Å². The monoisotopic (exact) mass is 414 g/mol. The average molecular weight is 415 g/mol. The standard InChI is InChI=1S/C19H19BrN4O2/c20-14-5-6-18-21-15(11-19(26)24(18)12-14)13-22-7-9-23(10-8-22)16-3-1-2-4-17(16)25/h1-6,11-12,25H,7-10,13H2. The van der Waals surface area contributed by atoms with Gasteiger partial charge in [0.05, 0.1) is 11.4 Å². The fraction of sp³-hybridized carbons (Fsp3) is 0.263. The van der Waals surface area contributed by atoms with Crippen molar-refractivity contribution < 1.29 is 5.11 Å². The third-order valence-electron chi connectivity index (χ3n) is 4.66. The molecule has 7 heteroatoms. The number of fused-ring (bicyclic) bond motifs is 1. The Morgan fingerprint density at radius 2 is 1.85 bits per heavy atom. The van der Waals surface area contributed by atoms with E-state index in [2.05, 4.69) is 30.7 Å². The highest BCUT2D eigenvalue weighted by Gasteiger charge is 2.19. The Balaban J connectivity index is 1.46. The minimum absolute atomic E-state index is 0.0702. The molecule has 0 atom stereocenters. The van der Waals surface area contributed by atoms with Crippen molar-refractivity contribution in [3.05, 3.63) is 69.2 Å². The molecule has 134 valence electrons. The van der Waals surface area contributed by atoms with E-state index in [4.69, 9.17) is 0 Å². The van der Waals surface area contributed by atoms with Gasteiger partial charge in [0.1, 0.15) is 11.4 Å². The van der Waals surface area contributed by atoms with Crippen LogP contribution in [0.1, 0.15) is 5.69 Å². The summed E-state index contributed by atoms with van der Waals surface area (Å²) in [7, 11) is 0. The lowest BCUT2D eigenvalue weighted by molar-refractivity contribution is 0.246. The van der Waals surface area contributed by atoms with Crippen LogP contribution in [-0.4, -0.2) is 45.6 Å². The SMILES string of the molecule is O=c1cc(CN2CCN(c3ccccc3O)CC2)nc2ccc(Br)cn12. The Morgan fingerprint density at radius 1 is 1.08 bits per heavy atom. The van der Waals surface area contributed by atoms with Crippen molar-refractivity contribution in [2.45, 2.75) is 6.54 Å². The Labute approximate surface area is 159 Å². The molecule has 1 aliphatic rings. The van der Waals surface area contributed by atoms with Crippen LogP contribution < -0.4 is 10.5 Å². The molecule has 0 radical (unpaired) electrons. The number of pyridine rings is 1. The lowest BCUT2D eigenvalue weighted by Crippen LogP contribution is -2.46. The van der Waals surface area contributed by atoms with Gasteiger partial charge in [0.15, 0.2) is 0 Å². The highest BCUT2D eigenvalue weighted by atomic mass is 79.9. The maximum absolute atomic E-state index is 12.3. The number of para-hydroxylation sites is 2. The van der Waals surface area contributed by atoms with Gasteiger partial charge in [0.2, 0.25) is 0 Å². The van der Waals surface area contributed by atoms with E-state index in [0.717, 1.165) is 42.0 Å². The van der Waals surface area contributed by atoms with E-state index in [9.17, 15) is 9.90 Å². The molecular weight excluding hydrogens is 396 g/mol. The van der Waals surface area contributed by atoms with Gasteiger partial charge in [-0.1, -0.05) is 12.1 Å². The van der Waals surface area contributed by atoms with E-state index in [-0.39, 0.29) is 5.56 Å². The fourth-order valence-electron chi connectivity index (χ4n) is 3.31. The van der Waals surface area contributed by atoms with Gasteiger partial charge in [0.25, 0.3) is 5.56 Å². The molecule has 0 unspecified atom stereocenters. The number of aromatic hydroxyl groups is 1. The number of benzene rings is 1. The van der Waals surface area contributed by atoms with Crippen molar-refractivity contribution in [1.29, 1.82) is 0 Å². The van der Waals surface area contributed by atoms with Gasteiger partial charge in [-0.15, -0.1) is 0 Å². The first-order chi connectivity index (χ1) is 12.6. The van der Waals surface area contributed by atoms with Gasteiger partial charge >= 0.3 is 0 Å². The summed E-state index contributed by atoms with van der Waals surface area (Å²) in [5, 5.41) is 10.0. The highest BCUT2D eigenvalue weighted by molar-refractivity contribution is 9.10. The van der Waals surface area contributed by atoms with Gasteiger partial charge in [-0.05, 0) is 40.2 Å². The predicted octanol–water partition coefficient (Wildman–Crippen LogP) is 2.48. The van der Waals surface area contributed by atoms with Crippen LogP contribution in [0.25, 0.3) is 5.65 Å². The van der Waals surface area contributed by atoms with Crippen LogP contribution in [0.3, 0.4) is 0 Å². The molecule has 6 nitrogen and oxygen atoms in total. The highest BCUT2D eigenvalue weighted by Crippen LogP contribution is 2.27. The molecule has 1 aromatic carbocycles. The second kappa shape index (κ2) is 7.09. The van der Waals surface area contributed by atoms with Crippen LogP contribution >= 0.6 is 15.9 Å². The molecule has 1 aliphatic heterocycles. The molecule has 1 saturated heterocycles. The molecule has 1 fully saturated rings. The number of anilines is 1. The minimum atomic E-state index is -0.0702. The van der Waals surface area contributed by atoms with Gasteiger partial charge in [0, 0.05) is 49.5 Å². The van der Waals surface area contributed by atoms with Crippen LogP contribution in [0.4, 0.5) is 5.69 Å². The van der Waals surface area contributed by atoms with E-state index in [1.165, 1.54) is 0 Å². The first-order valence-corrected chi connectivity index (χ1v) is 9.32. The third kappa shape index (κ3) is 3.45.